The molecule has 0 saturated carbocycles. The number of amides is 2. The highest BCUT2D eigenvalue weighted by Gasteiger charge is 2.17. The van der Waals surface area contributed by atoms with E-state index in [0.29, 0.717) is 18.7 Å². The number of hydrogen-bond acceptors (Lipinski definition) is 2. The lowest BCUT2D eigenvalue weighted by molar-refractivity contribution is -0.129. The van der Waals surface area contributed by atoms with Crippen molar-refractivity contribution in [1.29, 1.82) is 0 Å². The first-order chi connectivity index (χ1) is 10.6. The Labute approximate surface area is 129 Å². The lowest BCUT2D eigenvalue weighted by Gasteiger charge is -2.14. The van der Waals surface area contributed by atoms with E-state index in [-0.39, 0.29) is 11.8 Å². The number of fused-ring (bicyclic) bond motifs is 1. The fraction of sp³-hybridized carbons (Fsp3) is 0.412. The Bertz CT molecular complexity index is 699. The van der Waals surface area contributed by atoms with Crippen molar-refractivity contribution in [3.63, 3.8) is 0 Å². The smallest absolute Gasteiger partial charge is 0.267 e. The molecule has 2 heterocycles. The van der Waals surface area contributed by atoms with Gasteiger partial charge in [0.05, 0.1) is 0 Å². The fourth-order valence-corrected chi connectivity index (χ4v) is 2.87. The molecule has 116 valence electrons. The summed E-state index contributed by atoms with van der Waals surface area (Å²) in [6.07, 6.45) is 2.55. The Morgan fingerprint density at radius 3 is 2.77 bits per heavy atom. The van der Waals surface area contributed by atoms with Crippen LogP contribution in [0.5, 0.6) is 0 Å². The summed E-state index contributed by atoms with van der Waals surface area (Å²) in [7, 11) is 0. The number of nitrogens with one attached hydrogen (secondary N) is 2. The number of aryl methyl sites for hydroxylation is 1. The third kappa shape index (κ3) is 3.13. The second-order valence-electron chi connectivity index (χ2n) is 5.87. The molecule has 22 heavy (non-hydrogen) atoms. The summed E-state index contributed by atoms with van der Waals surface area (Å²) in [5, 5.41) is 3.83. The van der Waals surface area contributed by atoms with Gasteiger partial charge in [0.15, 0.2) is 0 Å². The minimum Gasteiger partial charge on any atom is -0.351 e. The number of aromatic amines is 1. The largest absolute Gasteiger partial charge is 0.351 e. The summed E-state index contributed by atoms with van der Waals surface area (Å²) in [5.74, 6) is -0.0341. The minimum absolute atomic E-state index is 0.130. The van der Waals surface area contributed by atoms with Crippen molar-refractivity contribution in [2.45, 2.75) is 26.2 Å². The molecule has 2 amide bonds. The predicted molar refractivity (Wildman–Crippen MR) is 85.8 cm³/mol. The number of H-pyrrole nitrogens is 1. The van der Waals surface area contributed by atoms with Crippen molar-refractivity contribution in [3.8, 4) is 0 Å². The maximum Gasteiger partial charge on any atom is 0.267 e. The fourth-order valence-electron chi connectivity index (χ4n) is 2.87. The number of benzene rings is 1. The first-order valence-electron chi connectivity index (χ1n) is 7.79. The Balaban J connectivity index is 1.55. The van der Waals surface area contributed by atoms with Crippen molar-refractivity contribution in [3.05, 3.63) is 35.5 Å². The zero-order chi connectivity index (χ0) is 15.5. The Morgan fingerprint density at radius 2 is 2.00 bits per heavy atom. The van der Waals surface area contributed by atoms with Gasteiger partial charge in [0.2, 0.25) is 5.91 Å². The van der Waals surface area contributed by atoms with Gasteiger partial charge in [0.25, 0.3) is 5.91 Å². The monoisotopic (exact) mass is 299 g/mol. The lowest BCUT2D eigenvalue weighted by atomic mass is 10.2. The first kappa shape index (κ1) is 14.6. The number of likely N-dealkylation sites (tertiary alicyclic amines) is 1. The number of nitrogens with zero attached hydrogens (tertiary/aromatic N) is 1. The Kier molecular flexibility index (Phi) is 4.13. The van der Waals surface area contributed by atoms with E-state index < -0.39 is 0 Å². The van der Waals surface area contributed by atoms with Crippen LogP contribution in [0.15, 0.2) is 24.3 Å². The van der Waals surface area contributed by atoms with Crippen LogP contribution in [0.4, 0.5) is 0 Å². The van der Waals surface area contributed by atoms with Crippen LogP contribution in [0.3, 0.4) is 0 Å². The molecular weight excluding hydrogens is 278 g/mol. The molecule has 3 rings (SSSR count). The molecule has 1 saturated heterocycles. The van der Waals surface area contributed by atoms with Gasteiger partial charge in [-0.15, -0.1) is 0 Å². The number of carbonyl (C=O) groups is 2. The van der Waals surface area contributed by atoms with Gasteiger partial charge < -0.3 is 15.2 Å². The van der Waals surface area contributed by atoms with Crippen LogP contribution >= 0.6 is 0 Å². The lowest BCUT2D eigenvalue weighted by Crippen LogP contribution is -2.32. The zero-order valence-electron chi connectivity index (χ0n) is 12.8. The molecule has 0 bridgehead atoms. The van der Waals surface area contributed by atoms with E-state index in [1.54, 1.807) is 0 Å². The Morgan fingerprint density at radius 1 is 1.23 bits per heavy atom. The molecule has 2 aromatic rings. The third-order valence-corrected chi connectivity index (χ3v) is 4.11. The number of carbonyl (C=O) groups excluding carboxylic acids is 2. The molecule has 1 fully saturated rings. The Hall–Kier alpha value is -2.30. The van der Waals surface area contributed by atoms with Gasteiger partial charge in [-0.2, -0.15) is 0 Å². The van der Waals surface area contributed by atoms with Crippen molar-refractivity contribution < 1.29 is 9.59 Å². The molecule has 1 aliphatic heterocycles. The van der Waals surface area contributed by atoms with Crippen LogP contribution in [0.1, 0.15) is 35.3 Å². The average Bonchev–Trinajstić information content (AvgIpc) is 3.15. The zero-order valence-corrected chi connectivity index (χ0v) is 12.8. The number of rotatable bonds is 4. The molecule has 0 radical (unpaired) electrons. The van der Waals surface area contributed by atoms with Crippen LogP contribution < -0.4 is 5.32 Å². The van der Waals surface area contributed by atoms with Gasteiger partial charge >= 0.3 is 0 Å². The van der Waals surface area contributed by atoms with Crippen molar-refractivity contribution >= 4 is 22.7 Å². The van der Waals surface area contributed by atoms with Gasteiger partial charge in [-0.05, 0) is 37.5 Å². The molecule has 5 nitrogen and oxygen atoms in total. The van der Waals surface area contributed by atoms with E-state index >= 15 is 0 Å². The maximum absolute atomic E-state index is 12.1. The standard InChI is InChI=1S/C17H21N3O2/c1-12-4-5-13-11-15(19-14(13)10-12)17(22)18-7-6-16(21)20-8-2-3-9-20/h4-5,10-11,19H,2-3,6-9H2,1H3,(H,18,22). The van der Waals surface area contributed by atoms with Crippen LogP contribution in [0, 0.1) is 6.92 Å². The summed E-state index contributed by atoms with van der Waals surface area (Å²) >= 11 is 0. The summed E-state index contributed by atoms with van der Waals surface area (Å²) in [4.78, 5) is 29.0. The van der Waals surface area contributed by atoms with Crippen molar-refractivity contribution in [2.75, 3.05) is 19.6 Å². The first-order valence-corrected chi connectivity index (χ1v) is 7.79. The quantitative estimate of drug-likeness (QED) is 0.909. The van der Waals surface area contributed by atoms with E-state index in [0.717, 1.165) is 42.4 Å². The molecule has 1 aromatic carbocycles. The maximum atomic E-state index is 12.1. The highest BCUT2D eigenvalue weighted by Crippen LogP contribution is 2.16. The molecule has 0 unspecified atom stereocenters. The highest BCUT2D eigenvalue weighted by molar-refractivity contribution is 5.98. The van der Waals surface area contributed by atoms with Gasteiger partial charge in [0.1, 0.15) is 5.69 Å². The van der Waals surface area contributed by atoms with Gasteiger partial charge in [-0.1, -0.05) is 12.1 Å². The van der Waals surface area contributed by atoms with Gasteiger partial charge in [0, 0.05) is 37.0 Å². The predicted octanol–water partition coefficient (Wildman–Crippen LogP) is 2.22. The van der Waals surface area contributed by atoms with E-state index in [1.165, 1.54) is 0 Å². The van der Waals surface area contributed by atoms with Crippen LogP contribution in [0.2, 0.25) is 0 Å². The molecule has 0 aliphatic carbocycles. The van der Waals surface area contributed by atoms with Crippen LogP contribution in [0.25, 0.3) is 10.9 Å². The summed E-state index contributed by atoms with van der Waals surface area (Å²) in [5.41, 5.74) is 2.64. The van der Waals surface area contributed by atoms with Crippen molar-refractivity contribution in [1.82, 2.24) is 15.2 Å². The molecule has 1 aliphatic rings. The van der Waals surface area contributed by atoms with E-state index in [1.807, 2.05) is 36.1 Å². The van der Waals surface area contributed by atoms with Gasteiger partial charge in [-0.3, -0.25) is 9.59 Å². The highest BCUT2D eigenvalue weighted by atomic mass is 16.2. The minimum atomic E-state index is -0.164. The van der Waals surface area contributed by atoms with E-state index in [9.17, 15) is 9.59 Å². The molecule has 2 N–H and O–H groups in total. The van der Waals surface area contributed by atoms with Crippen LogP contribution in [-0.4, -0.2) is 41.3 Å². The number of hydrogen-bond donors (Lipinski definition) is 2. The second-order valence-corrected chi connectivity index (χ2v) is 5.87. The summed E-state index contributed by atoms with van der Waals surface area (Å²) < 4.78 is 0. The molecule has 5 heteroatoms. The normalized spacial score (nSPS) is 14.5. The number of aromatic nitrogens is 1. The topological polar surface area (TPSA) is 65.2 Å². The molecule has 1 aromatic heterocycles. The van der Waals surface area contributed by atoms with E-state index in [4.69, 9.17) is 0 Å². The van der Waals surface area contributed by atoms with Crippen LogP contribution in [-0.2, 0) is 4.79 Å². The summed E-state index contributed by atoms with van der Waals surface area (Å²) in [6.45, 7) is 4.11. The SMILES string of the molecule is Cc1ccc2cc(C(=O)NCCC(=O)N3CCCC3)[nH]c2c1. The third-order valence-electron chi connectivity index (χ3n) is 4.11. The van der Waals surface area contributed by atoms with E-state index in [2.05, 4.69) is 10.3 Å². The second kappa shape index (κ2) is 6.22. The average molecular weight is 299 g/mol. The molecule has 0 spiro atoms. The molecule has 0 atom stereocenters. The van der Waals surface area contributed by atoms with Crippen molar-refractivity contribution in [2.24, 2.45) is 0 Å². The summed E-state index contributed by atoms with van der Waals surface area (Å²) in [6, 6.07) is 7.87. The molecular formula is C17H21N3O2. The van der Waals surface area contributed by atoms with Gasteiger partial charge in [-0.25, -0.2) is 0 Å².